The quantitative estimate of drug-likeness (QED) is 0.496. The topological polar surface area (TPSA) is 75.9 Å². The van der Waals surface area contributed by atoms with Gasteiger partial charge in [0, 0.05) is 25.5 Å². The second-order valence-electron chi connectivity index (χ2n) is 8.27. The van der Waals surface area contributed by atoms with E-state index in [0.29, 0.717) is 6.54 Å². The van der Waals surface area contributed by atoms with Crippen molar-refractivity contribution in [3.63, 3.8) is 0 Å². The summed E-state index contributed by atoms with van der Waals surface area (Å²) >= 11 is 0. The van der Waals surface area contributed by atoms with Crippen molar-refractivity contribution < 1.29 is 4.79 Å². The molecule has 0 saturated carbocycles. The molecule has 7 nitrogen and oxygen atoms in total. The molecule has 2 aromatic heterocycles. The number of carbonyl (C=O) groups excluding carboxylic acids is 1. The molecule has 1 aliphatic heterocycles. The Kier molecular flexibility index (Phi) is 6.10. The lowest BCUT2D eigenvalue weighted by atomic mass is 9.94. The monoisotopic (exact) mass is 438 g/mol. The number of piperidine rings is 1. The second kappa shape index (κ2) is 9.65. The van der Waals surface area contributed by atoms with E-state index in [1.54, 1.807) is 12.5 Å². The molecule has 1 amide bonds. The predicted octanol–water partition coefficient (Wildman–Crippen LogP) is 3.78. The summed E-state index contributed by atoms with van der Waals surface area (Å²) < 4.78 is 1.82. The minimum Gasteiger partial charge on any atom is -0.354 e. The molecule has 5 rings (SSSR count). The summed E-state index contributed by atoms with van der Waals surface area (Å²) in [4.78, 5) is 19.6. The summed E-state index contributed by atoms with van der Waals surface area (Å²) in [5.74, 6) is 1.47. The number of rotatable bonds is 6. The molecule has 4 aromatic rings. The van der Waals surface area contributed by atoms with Crippen LogP contribution in [0.2, 0.25) is 0 Å². The van der Waals surface area contributed by atoms with E-state index >= 15 is 0 Å². The molecule has 0 radical (unpaired) electrons. The van der Waals surface area contributed by atoms with Crippen molar-refractivity contribution in [3.8, 4) is 5.82 Å². The molecule has 33 heavy (non-hydrogen) atoms. The van der Waals surface area contributed by atoms with Gasteiger partial charge in [-0.15, -0.1) is 10.2 Å². The number of aromatic nitrogens is 4. The highest BCUT2D eigenvalue weighted by Crippen LogP contribution is 2.26. The van der Waals surface area contributed by atoms with Gasteiger partial charge in [-0.2, -0.15) is 0 Å². The van der Waals surface area contributed by atoms with Crippen LogP contribution in [0.4, 0.5) is 5.82 Å². The van der Waals surface area contributed by atoms with Crippen LogP contribution in [0, 0.1) is 5.92 Å². The van der Waals surface area contributed by atoms with Crippen LogP contribution in [-0.4, -0.2) is 38.7 Å². The van der Waals surface area contributed by atoms with E-state index in [-0.39, 0.29) is 17.9 Å². The fraction of sp³-hybridized carbons (Fsp3) is 0.231. The van der Waals surface area contributed by atoms with E-state index in [1.807, 2.05) is 59.3 Å². The normalized spacial score (nSPS) is 16.0. The first kappa shape index (κ1) is 20.9. The van der Waals surface area contributed by atoms with Gasteiger partial charge in [0.05, 0.1) is 12.0 Å². The number of nitrogens with zero attached hydrogens (tertiary/aromatic N) is 5. The molecule has 1 saturated heterocycles. The number of carbonyl (C=O) groups is 1. The zero-order valence-electron chi connectivity index (χ0n) is 18.3. The summed E-state index contributed by atoms with van der Waals surface area (Å²) in [5, 5.41) is 12.0. The van der Waals surface area contributed by atoms with Crippen LogP contribution in [-0.2, 0) is 4.79 Å². The molecule has 2 aromatic carbocycles. The molecule has 1 N–H and O–H groups in total. The van der Waals surface area contributed by atoms with Crippen molar-refractivity contribution in [1.29, 1.82) is 0 Å². The van der Waals surface area contributed by atoms with Crippen molar-refractivity contribution in [1.82, 2.24) is 25.1 Å². The van der Waals surface area contributed by atoms with E-state index in [4.69, 9.17) is 0 Å². The highest BCUT2D eigenvalue weighted by atomic mass is 16.2. The molecule has 3 heterocycles. The number of hydrogen-bond donors (Lipinski definition) is 1. The van der Waals surface area contributed by atoms with Gasteiger partial charge in [0.1, 0.15) is 6.33 Å². The first-order chi connectivity index (χ1) is 16.3. The van der Waals surface area contributed by atoms with Crippen LogP contribution in [0.1, 0.15) is 30.0 Å². The van der Waals surface area contributed by atoms with Gasteiger partial charge >= 0.3 is 0 Å². The Morgan fingerprint density at radius 1 is 0.909 bits per heavy atom. The number of amides is 1. The fourth-order valence-corrected chi connectivity index (χ4v) is 4.33. The van der Waals surface area contributed by atoms with E-state index in [9.17, 15) is 4.79 Å². The minimum atomic E-state index is -0.176. The minimum absolute atomic E-state index is 0.0698. The largest absolute Gasteiger partial charge is 0.354 e. The number of imidazole rings is 1. The van der Waals surface area contributed by atoms with Crippen LogP contribution >= 0.6 is 0 Å². The van der Waals surface area contributed by atoms with Crippen molar-refractivity contribution in [3.05, 3.63) is 103 Å². The van der Waals surface area contributed by atoms with Crippen LogP contribution in [0.5, 0.6) is 0 Å². The molecular weight excluding hydrogens is 412 g/mol. The standard InChI is InChI=1S/C26H26N6O/c33-26(28-25(20-8-3-1-4-9-20)21-10-5-2-6-11-21)22-12-7-16-31(18-22)23-13-14-24(30-29-23)32-17-15-27-19-32/h1-6,8-11,13-15,17,19,22,25H,7,12,16,18H2,(H,28,33). The highest BCUT2D eigenvalue weighted by Gasteiger charge is 2.29. The molecule has 0 spiro atoms. The number of hydrogen-bond acceptors (Lipinski definition) is 5. The van der Waals surface area contributed by atoms with Gasteiger partial charge in [-0.05, 0) is 36.1 Å². The lowest BCUT2D eigenvalue weighted by molar-refractivity contribution is -0.125. The lowest BCUT2D eigenvalue weighted by Gasteiger charge is -2.33. The van der Waals surface area contributed by atoms with Crippen LogP contribution in [0.15, 0.2) is 91.5 Å². The molecule has 1 aliphatic rings. The number of nitrogens with one attached hydrogen (secondary N) is 1. The van der Waals surface area contributed by atoms with E-state index in [1.165, 1.54) is 0 Å². The Morgan fingerprint density at radius 3 is 2.18 bits per heavy atom. The number of anilines is 1. The Balaban J connectivity index is 1.30. The Labute approximate surface area is 193 Å². The maximum Gasteiger partial charge on any atom is 0.225 e. The highest BCUT2D eigenvalue weighted by molar-refractivity contribution is 5.80. The second-order valence-corrected chi connectivity index (χ2v) is 8.27. The van der Waals surface area contributed by atoms with Gasteiger partial charge < -0.3 is 10.2 Å². The molecule has 7 heteroatoms. The zero-order chi connectivity index (χ0) is 22.5. The van der Waals surface area contributed by atoms with Gasteiger partial charge in [0.15, 0.2) is 11.6 Å². The maximum absolute atomic E-state index is 13.4. The van der Waals surface area contributed by atoms with Crippen LogP contribution in [0.25, 0.3) is 5.82 Å². The first-order valence-electron chi connectivity index (χ1n) is 11.3. The number of benzene rings is 2. The summed E-state index contributed by atoms with van der Waals surface area (Å²) in [5.41, 5.74) is 2.15. The average molecular weight is 439 g/mol. The summed E-state index contributed by atoms with van der Waals surface area (Å²) in [6.45, 7) is 1.49. The Bertz CT molecular complexity index is 1120. The summed E-state index contributed by atoms with van der Waals surface area (Å²) in [6, 6.07) is 23.9. The molecule has 0 aliphatic carbocycles. The maximum atomic E-state index is 13.4. The molecule has 1 atom stereocenters. The van der Waals surface area contributed by atoms with Crippen LogP contribution in [0.3, 0.4) is 0 Å². The third-order valence-electron chi connectivity index (χ3n) is 6.07. The Hall–Kier alpha value is -4.00. The lowest BCUT2D eigenvalue weighted by Crippen LogP contribution is -2.44. The fourth-order valence-electron chi connectivity index (χ4n) is 4.33. The van der Waals surface area contributed by atoms with E-state index in [2.05, 4.69) is 49.7 Å². The third kappa shape index (κ3) is 4.77. The predicted molar refractivity (Wildman–Crippen MR) is 127 cm³/mol. The van der Waals surface area contributed by atoms with Crippen LogP contribution < -0.4 is 10.2 Å². The van der Waals surface area contributed by atoms with Crippen molar-refractivity contribution in [2.45, 2.75) is 18.9 Å². The third-order valence-corrected chi connectivity index (χ3v) is 6.07. The molecule has 166 valence electrons. The summed E-state index contributed by atoms with van der Waals surface area (Å²) in [7, 11) is 0. The summed E-state index contributed by atoms with van der Waals surface area (Å²) in [6.07, 6.45) is 7.03. The molecule has 1 unspecified atom stereocenters. The Morgan fingerprint density at radius 2 is 1.58 bits per heavy atom. The van der Waals surface area contributed by atoms with Gasteiger partial charge in [0.2, 0.25) is 5.91 Å². The van der Waals surface area contributed by atoms with Gasteiger partial charge in [0.25, 0.3) is 0 Å². The van der Waals surface area contributed by atoms with Crippen molar-refractivity contribution in [2.75, 3.05) is 18.0 Å². The molecular formula is C26H26N6O. The zero-order valence-corrected chi connectivity index (χ0v) is 18.3. The van der Waals surface area contributed by atoms with Gasteiger partial charge in [-0.3, -0.25) is 9.36 Å². The van der Waals surface area contributed by atoms with Crippen molar-refractivity contribution >= 4 is 11.7 Å². The van der Waals surface area contributed by atoms with Crippen molar-refractivity contribution in [2.24, 2.45) is 5.92 Å². The smallest absolute Gasteiger partial charge is 0.225 e. The average Bonchev–Trinajstić information content (AvgIpc) is 3.43. The molecule has 0 bridgehead atoms. The molecule has 1 fully saturated rings. The van der Waals surface area contributed by atoms with E-state index < -0.39 is 0 Å². The van der Waals surface area contributed by atoms with Gasteiger partial charge in [-0.1, -0.05) is 60.7 Å². The SMILES string of the molecule is O=C(NC(c1ccccc1)c1ccccc1)C1CCCN(c2ccc(-n3ccnc3)nn2)C1. The van der Waals surface area contributed by atoms with Gasteiger partial charge in [-0.25, -0.2) is 4.98 Å². The van der Waals surface area contributed by atoms with E-state index in [0.717, 1.165) is 42.1 Å². The first-order valence-corrected chi connectivity index (χ1v) is 11.3.